The van der Waals surface area contributed by atoms with Crippen LogP contribution in [0.1, 0.15) is 11.3 Å². The maximum absolute atomic E-state index is 12.2. The SMILES string of the molecule is COCCN1CCN(C(=O)CNCc2cc([C]=O)ccn2)CC1. The molecule has 0 aliphatic carbocycles. The smallest absolute Gasteiger partial charge is 0.236 e. The fraction of sp³-hybridized carbons (Fsp3) is 0.562. The lowest BCUT2D eigenvalue weighted by atomic mass is 10.2. The zero-order valence-electron chi connectivity index (χ0n) is 13.5. The molecule has 1 aromatic rings. The van der Waals surface area contributed by atoms with Gasteiger partial charge >= 0.3 is 0 Å². The summed E-state index contributed by atoms with van der Waals surface area (Å²) in [6.45, 7) is 5.62. The number of ether oxygens (including phenoxy) is 1. The van der Waals surface area contributed by atoms with Crippen LogP contribution in [0, 0.1) is 0 Å². The van der Waals surface area contributed by atoms with E-state index in [1.54, 1.807) is 25.4 Å². The Labute approximate surface area is 136 Å². The zero-order chi connectivity index (χ0) is 16.5. The molecule has 0 unspecified atom stereocenters. The van der Waals surface area contributed by atoms with E-state index >= 15 is 0 Å². The maximum Gasteiger partial charge on any atom is 0.236 e. The first-order chi connectivity index (χ1) is 11.2. The van der Waals surface area contributed by atoms with E-state index < -0.39 is 0 Å². The third-order valence-corrected chi connectivity index (χ3v) is 3.85. The predicted octanol–water partition coefficient (Wildman–Crippen LogP) is -0.580. The van der Waals surface area contributed by atoms with Crippen molar-refractivity contribution in [2.45, 2.75) is 6.54 Å². The first kappa shape index (κ1) is 17.5. The van der Waals surface area contributed by atoms with Gasteiger partial charge in [-0.15, -0.1) is 0 Å². The van der Waals surface area contributed by atoms with Crippen molar-refractivity contribution in [3.8, 4) is 0 Å². The van der Waals surface area contributed by atoms with E-state index in [1.165, 1.54) is 0 Å². The highest BCUT2D eigenvalue weighted by atomic mass is 16.5. The highest BCUT2D eigenvalue weighted by molar-refractivity contribution is 5.78. The van der Waals surface area contributed by atoms with Crippen LogP contribution in [0.3, 0.4) is 0 Å². The molecule has 1 amide bonds. The molecule has 0 spiro atoms. The minimum Gasteiger partial charge on any atom is -0.383 e. The van der Waals surface area contributed by atoms with Crippen molar-refractivity contribution < 1.29 is 14.3 Å². The Bertz CT molecular complexity index is 516. The number of aromatic nitrogens is 1. The average Bonchev–Trinajstić information content (AvgIpc) is 2.60. The van der Waals surface area contributed by atoms with Gasteiger partial charge in [-0.3, -0.25) is 19.5 Å². The molecule has 2 heterocycles. The van der Waals surface area contributed by atoms with E-state index in [0.29, 0.717) is 12.1 Å². The number of nitrogens with zero attached hydrogens (tertiary/aromatic N) is 3. The van der Waals surface area contributed by atoms with Crippen LogP contribution < -0.4 is 5.32 Å². The number of nitrogens with one attached hydrogen (secondary N) is 1. The minimum atomic E-state index is 0.0921. The van der Waals surface area contributed by atoms with E-state index in [4.69, 9.17) is 4.74 Å². The Morgan fingerprint density at radius 1 is 1.39 bits per heavy atom. The third-order valence-electron chi connectivity index (χ3n) is 3.85. The minimum absolute atomic E-state index is 0.0921. The number of carbonyl (C=O) groups excluding carboxylic acids is 2. The molecule has 1 aliphatic heterocycles. The molecule has 0 bridgehead atoms. The number of rotatable bonds is 8. The summed E-state index contributed by atoms with van der Waals surface area (Å²) in [5, 5.41) is 3.08. The molecule has 7 nitrogen and oxygen atoms in total. The molecule has 0 saturated carbocycles. The van der Waals surface area contributed by atoms with Crippen LogP contribution in [0.25, 0.3) is 0 Å². The molecule has 125 valence electrons. The van der Waals surface area contributed by atoms with Crippen molar-refractivity contribution in [3.63, 3.8) is 0 Å². The van der Waals surface area contributed by atoms with Crippen LogP contribution in [0.5, 0.6) is 0 Å². The van der Waals surface area contributed by atoms with Crippen molar-refractivity contribution in [1.82, 2.24) is 20.1 Å². The lowest BCUT2D eigenvalue weighted by Gasteiger charge is -2.34. The fourth-order valence-electron chi connectivity index (χ4n) is 2.49. The average molecular weight is 319 g/mol. The highest BCUT2D eigenvalue weighted by Crippen LogP contribution is 2.02. The summed E-state index contributed by atoms with van der Waals surface area (Å²) < 4.78 is 5.07. The van der Waals surface area contributed by atoms with Gasteiger partial charge in [0.25, 0.3) is 0 Å². The Morgan fingerprint density at radius 3 is 2.87 bits per heavy atom. The molecule has 1 radical (unpaired) electrons. The number of carbonyl (C=O) groups is 1. The van der Waals surface area contributed by atoms with Gasteiger partial charge in [-0.05, 0) is 12.1 Å². The predicted molar refractivity (Wildman–Crippen MR) is 85.6 cm³/mol. The van der Waals surface area contributed by atoms with Gasteiger partial charge in [0, 0.05) is 58.1 Å². The van der Waals surface area contributed by atoms with Crippen molar-refractivity contribution >= 4 is 12.2 Å². The van der Waals surface area contributed by atoms with Crippen molar-refractivity contribution in [2.75, 3.05) is 53.0 Å². The molecule has 0 atom stereocenters. The molecule has 1 aliphatic rings. The third kappa shape index (κ3) is 5.70. The monoisotopic (exact) mass is 319 g/mol. The molecule has 1 saturated heterocycles. The van der Waals surface area contributed by atoms with Gasteiger partial charge in [-0.2, -0.15) is 0 Å². The Kier molecular flexibility index (Phi) is 7.12. The van der Waals surface area contributed by atoms with Crippen LogP contribution >= 0.6 is 0 Å². The Balaban J connectivity index is 1.68. The quantitative estimate of drug-likeness (QED) is 0.691. The number of amides is 1. The Morgan fingerprint density at radius 2 is 2.17 bits per heavy atom. The van der Waals surface area contributed by atoms with Crippen molar-refractivity contribution in [1.29, 1.82) is 0 Å². The van der Waals surface area contributed by atoms with Crippen LogP contribution in [-0.2, 0) is 20.9 Å². The molecular weight excluding hydrogens is 296 g/mol. The topological polar surface area (TPSA) is 74.8 Å². The molecule has 1 N–H and O–H groups in total. The number of hydrogen-bond acceptors (Lipinski definition) is 6. The van der Waals surface area contributed by atoms with Crippen LogP contribution in [0.15, 0.2) is 18.3 Å². The van der Waals surface area contributed by atoms with Gasteiger partial charge in [-0.1, -0.05) is 0 Å². The highest BCUT2D eigenvalue weighted by Gasteiger charge is 2.20. The fourth-order valence-corrected chi connectivity index (χ4v) is 2.49. The van der Waals surface area contributed by atoms with Crippen LogP contribution in [0.2, 0.25) is 0 Å². The number of pyridine rings is 1. The van der Waals surface area contributed by atoms with Gasteiger partial charge < -0.3 is 15.0 Å². The van der Waals surface area contributed by atoms with Gasteiger partial charge in [0.15, 0.2) is 0 Å². The largest absolute Gasteiger partial charge is 0.383 e. The second-order valence-corrected chi connectivity index (χ2v) is 5.46. The van der Waals surface area contributed by atoms with Crippen LogP contribution in [0.4, 0.5) is 0 Å². The van der Waals surface area contributed by atoms with Gasteiger partial charge in [0.2, 0.25) is 12.2 Å². The summed E-state index contributed by atoms with van der Waals surface area (Å²) in [5.41, 5.74) is 1.19. The lowest BCUT2D eigenvalue weighted by Crippen LogP contribution is -2.51. The van der Waals surface area contributed by atoms with E-state index in [2.05, 4.69) is 15.2 Å². The molecule has 1 fully saturated rings. The number of piperazine rings is 1. The van der Waals surface area contributed by atoms with Crippen LogP contribution in [-0.4, -0.2) is 80.0 Å². The summed E-state index contributed by atoms with van der Waals surface area (Å²) in [7, 11) is 1.70. The molecular formula is C16H23N4O3. The van der Waals surface area contributed by atoms with E-state index in [0.717, 1.165) is 45.0 Å². The summed E-state index contributed by atoms with van der Waals surface area (Å²) in [6.07, 6.45) is 3.40. The van der Waals surface area contributed by atoms with Crippen molar-refractivity contribution in [2.24, 2.45) is 0 Å². The summed E-state index contributed by atoms with van der Waals surface area (Å²) >= 11 is 0. The zero-order valence-corrected chi connectivity index (χ0v) is 13.5. The lowest BCUT2D eigenvalue weighted by molar-refractivity contribution is -0.132. The van der Waals surface area contributed by atoms with Gasteiger partial charge in [-0.25, -0.2) is 0 Å². The van der Waals surface area contributed by atoms with Crippen molar-refractivity contribution in [3.05, 3.63) is 29.6 Å². The molecule has 1 aromatic heterocycles. The summed E-state index contributed by atoms with van der Waals surface area (Å²) in [6, 6.07) is 3.27. The maximum atomic E-state index is 12.2. The van der Waals surface area contributed by atoms with E-state index in [1.807, 2.05) is 11.2 Å². The van der Waals surface area contributed by atoms with Gasteiger partial charge in [0.1, 0.15) is 0 Å². The second-order valence-electron chi connectivity index (χ2n) is 5.46. The normalized spacial score (nSPS) is 15.6. The first-order valence-corrected chi connectivity index (χ1v) is 7.76. The summed E-state index contributed by atoms with van der Waals surface area (Å²) in [5.74, 6) is 0.0921. The van der Waals surface area contributed by atoms with E-state index in [9.17, 15) is 9.59 Å². The first-order valence-electron chi connectivity index (χ1n) is 7.76. The molecule has 0 aromatic carbocycles. The second kappa shape index (κ2) is 9.34. The number of methoxy groups -OCH3 is 1. The summed E-state index contributed by atoms with van der Waals surface area (Å²) in [4.78, 5) is 31.1. The van der Waals surface area contributed by atoms with Gasteiger partial charge in [0.05, 0.1) is 18.8 Å². The molecule has 7 heteroatoms. The standard InChI is InChI=1S/C16H23N4O3/c1-23-9-8-19-4-6-20(7-5-19)16(22)12-17-11-15-10-14(13-21)2-3-18-15/h2-3,10,17H,4-9,11-12H2,1H3. The molecule has 2 rings (SSSR count). The molecule has 23 heavy (non-hydrogen) atoms. The Hall–Kier alpha value is -1.83. The van der Waals surface area contributed by atoms with E-state index in [-0.39, 0.29) is 12.5 Å². The number of hydrogen-bond donors (Lipinski definition) is 1.